The summed E-state index contributed by atoms with van der Waals surface area (Å²) in [5.41, 5.74) is -3.07. The number of methoxy groups -OCH3 is 1. The molecule has 148 valence electrons. The van der Waals surface area contributed by atoms with Crippen LogP contribution in [-0.4, -0.2) is 23.8 Å². The number of nitrogens with zero attached hydrogens (tertiary/aromatic N) is 2. The molecule has 8 heteroatoms. The summed E-state index contributed by atoms with van der Waals surface area (Å²) >= 11 is 0. The van der Waals surface area contributed by atoms with Crippen molar-refractivity contribution in [1.29, 1.82) is 5.26 Å². The minimum atomic E-state index is -1.84. The van der Waals surface area contributed by atoms with Crippen LogP contribution < -0.4 is 0 Å². The summed E-state index contributed by atoms with van der Waals surface area (Å²) in [5.74, 6) is -2.86. The SMILES string of the molecule is CCC1(C(=O)c2ccc(F)cc2)C(c2cccc([N+](=O)[O-])c2)C1(C#N)C(=O)OC. The van der Waals surface area contributed by atoms with E-state index in [1.54, 1.807) is 13.0 Å². The molecule has 0 N–H and O–H groups in total. The monoisotopic (exact) mass is 396 g/mol. The largest absolute Gasteiger partial charge is 0.468 e. The van der Waals surface area contributed by atoms with Gasteiger partial charge in [-0.25, -0.2) is 4.39 Å². The number of Topliss-reactive ketones (excluding diaryl/α,β-unsaturated/α-hetero) is 1. The Bertz CT molecular complexity index is 1050. The van der Waals surface area contributed by atoms with Crippen LogP contribution in [0.3, 0.4) is 0 Å². The molecule has 1 aliphatic rings. The van der Waals surface area contributed by atoms with Crippen molar-refractivity contribution in [3.05, 3.63) is 75.6 Å². The molecule has 7 nitrogen and oxygen atoms in total. The number of non-ortho nitro benzene ring substituents is 1. The van der Waals surface area contributed by atoms with E-state index in [2.05, 4.69) is 0 Å². The predicted molar refractivity (Wildman–Crippen MR) is 99.4 cm³/mol. The van der Waals surface area contributed by atoms with Gasteiger partial charge < -0.3 is 4.74 Å². The number of ketones is 1. The molecular weight excluding hydrogens is 379 g/mol. The van der Waals surface area contributed by atoms with E-state index in [0.29, 0.717) is 5.56 Å². The van der Waals surface area contributed by atoms with E-state index in [1.165, 1.54) is 30.3 Å². The molecule has 0 aliphatic heterocycles. The Balaban J connectivity index is 2.22. The first kappa shape index (κ1) is 20.1. The lowest BCUT2D eigenvalue weighted by Crippen LogP contribution is -2.29. The lowest BCUT2D eigenvalue weighted by atomic mass is 9.83. The Morgan fingerprint density at radius 3 is 2.45 bits per heavy atom. The van der Waals surface area contributed by atoms with Crippen LogP contribution in [0, 0.1) is 38.1 Å². The third-order valence-electron chi connectivity index (χ3n) is 5.71. The van der Waals surface area contributed by atoms with E-state index in [-0.39, 0.29) is 17.7 Å². The average molecular weight is 396 g/mol. The van der Waals surface area contributed by atoms with Gasteiger partial charge in [0.25, 0.3) is 5.69 Å². The number of hydrogen-bond acceptors (Lipinski definition) is 6. The highest BCUT2D eigenvalue weighted by atomic mass is 19.1. The summed E-state index contributed by atoms with van der Waals surface area (Å²) in [7, 11) is 1.12. The Labute approximate surface area is 165 Å². The second-order valence-electron chi connectivity index (χ2n) is 6.86. The van der Waals surface area contributed by atoms with Gasteiger partial charge in [0.2, 0.25) is 0 Å². The Morgan fingerprint density at radius 2 is 1.93 bits per heavy atom. The van der Waals surface area contributed by atoms with E-state index in [1.807, 2.05) is 6.07 Å². The van der Waals surface area contributed by atoms with E-state index in [9.17, 15) is 29.4 Å². The molecule has 0 amide bonds. The molecule has 3 atom stereocenters. The van der Waals surface area contributed by atoms with Crippen molar-refractivity contribution in [3.63, 3.8) is 0 Å². The molecule has 3 unspecified atom stereocenters. The first-order valence-electron chi connectivity index (χ1n) is 8.84. The minimum Gasteiger partial charge on any atom is -0.468 e. The van der Waals surface area contributed by atoms with Crippen molar-refractivity contribution in [3.8, 4) is 6.07 Å². The summed E-state index contributed by atoms with van der Waals surface area (Å²) in [5, 5.41) is 21.2. The van der Waals surface area contributed by atoms with Gasteiger partial charge in [0.05, 0.1) is 23.5 Å². The zero-order chi connectivity index (χ0) is 21.4. The fourth-order valence-corrected chi connectivity index (χ4v) is 4.37. The van der Waals surface area contributed by atoms with E-state index in [4.69, 9.17) is 4.74 Å². The summed E-state index contributed by atoms with van der Waals surface area (Å²) < 4.78 is 18.2. The first-order valence-corrected chi connectivity index (χ1v) is 8.84. The number of benzene rings is 2. The fourth-order valence-electron chi connectivity index (χ4n) is 4.37. The van der Waals surface area contributed by atoms with Gasteiger partial charge >= 0.3 is 5.97 Å². The van der Waals surface area contributed by atoms with Crippen molar-refractivity contribution in [2.24, 2.45) is 10.8 Å². The number of hydrogen-bond donors (Lipinski definition) is 0. The molecule has 3 rings (SSSR count). The molecule has 2 aromatic carbocycles. The molecule has 1 fully saturated rings. The number of rotatable bonds is 6. The van der Waals surface area contributed by atoms with Crippen LogP contribution >= 0.6 is 0 Å². The van der Waals surface area contributed by atoms with Crippen LogP contribution in [0.4, 0.5) is 10.1 Å². The number of nitro benzene ring substituents is 1. The number of carbonyl (C=O) groups is 2. The zero-order valence-corrected chi connectivity index (χ0v) is 15.7. The third kappa shape index (κ3) is 2.70. The number of esters is 1. The molecule has 0 saturated heterocycles. The topological polar surface area (TPSA) is 110 Å². The van der Waals surface area contributed by atoms with Crippen LogP contribution in [0.5, 0.6) is 0 Å². The third-order valence-corrected chi connectivity index (χ3v) is 5.71. The summed E-state index contributed by atoms with van der Waals surface area (Å²) in [4.78, 5) is 36.7. The van der Waals surface area contributed by atoms with Crippen molar-refractivity contribution in [2.45, 2.75) is 19.3 Å². The maximum atomic E-state index is 13.5. The number of nitriles is 1. The molecule has 1 saturated carbocycles. The van der Waals surface area contributed by atoms with E-state index < -0.39 is 39.2 Å². The van der Waals surface area contributed by atoms with Gasteiger partial charge in [-0.1, -0.05) is 19.1 Å². The number of nitro groups is 1. The normalized spacial score (nSPS) is 25.0. The van der Waals surface area contributed by atoms with Crippen LogP contribution in [0.25, 0.3) is 0 Å². The number of carbonyl (C=O) groups excluding carboxylic acids is 2. The Kier molecular flexibility index (Phi) is 4.93. The van der Waals surface area contributed by atoms with Crippen molar-refractivity contribution < 1.29 is 23.6 Å². The lowest BCUT2D eigenvalue weighted by Gasteiger charge is -2.17. The Hall–Kier alpha value is -3.60. The molecule has 1 aliphatic carbocycles. The second kappa shape index (κ2) is 7.09. The highest BCUT2D eigenvalue weighted by molar-refractivity contribution is 6.11. The van der Waals surface area contributed by atoms with Crippen LogP contribution in [0.2, 0.25) is 0 Å². The van der Waals surface area contributed by atoms with Crippen LogP contribution in [-0.2, 0) is 9.53 Å². The van der Waals surface area contributed by atoms with Crippen LogP contribution in [0.1, 0.15) is 35.2 Å². The van der Waals surface area contributed by atoms with Gasteiger partial charge in [-0.3, -0.25) is 19.7 Å². The molecule has 0 radical (unpaired) electrons. The number of ether oxygens (including phenoxy) is 1. The standard InChI is InChI=1S/C21H17FN2O5/c1-3-20(18(25)13-7-9-15(22)10-8-13)17(21(20,12-23)19(26)29-2)14-5-4-6-16(11-14)24(27)28/h4-11,17H,3H2,1-2H3. The zero-order valence-electron chi connectivity index (χ0n) is 15.7. The van der Waals surface area contributed by atoms with Crippen LogP contribution in [0.15, 0.2) is 48.5 Å². The van der Waals surface area contributed by atoms with Gasteiger partial charge in [-0.05, 0) is 36.2 Å². The lowest BCUT2D eigenvalue weighted by molar-refractivity contribution is -0.384. The Morgan fingerprint density at radius 1 is 1.28 bits per heavy atom. The highest BCUT2D eigenvalue weighted by Crippen LogP contribution is 2.77. The van der Waals surface area contributed by atoms with Gasteiger partial charge in [0, 0.05) is 23.6 Å². The molecule has 0 spiro atoms. The maximum absolute atomic E-state index is 13.5. The molecule has 0 heterocycles. The van der Waals surface area contributed by atoms with Gasteiger partial charge in [0.15, 0.2) is 11.2 Å². The first-order chi connectivity index (χ1) is 13.8. The number of halogens is 1. The highest BCUT2D eigenvalue weighted by Gasteiger charge is 2.85. The minimum absolute atomic E-state index is 0.110. The van der Waals surface area contributed by atoms with E-state index in [0.717, 1.165) is 19.2 Å². The van der Waals surface area contributed by atoms with Crippen molar-refractivity contribution in [2.75, 3.05) is 7.11 Å². The average Bonchev–Trinajstić information content (AvgIpc) is 3.37. The van der Waals surface area contributed by atoms with Crippen molar-refractivity contribution >= 4 is 17.4 Å². The molecule has 0 aromatic heterocycles. The smallest absolute Gasteiger partial charge is 0.327 e. The maximum Gasteiger partial charge on any atom is 0.327 e. The van der Waals surface area contributed by atoms with Gasteiger partial charge in [-0.15, -0.1) is 0 Å². The van der Waals surface area contributed by atoms with Gasteiger partial charge in [-0.2, -0.15) is 5.26 Å². The molecular formula is C21H17FN2O5. The second-order valence-corrected chi connectivity index (χ2v) is 6.86. The summed E-state index contributed by atoms with van der Waals surface area (Å²) in [6, 6.07) is 12.3. The van der Waals surface area contributed by atoms with E-state index >= 15 is 0 Å². The molecule has 29 heavy (non-hydrogen) atoms. The summed E-state index contributed by atoms with van der Waals surface area (Å²) in [6.07, 6.45) is 0.110. The fraction of sp³-hybridized carbons (Fsp3) is 0.286. The van der Waals surface area contributed by atoms with Crippen molar-refractivity contribution in [1.82, 2.24) is 0 Å². The molecule has 0 bridgehead atoms. The summed E-state index contributed by atoms with van der Waals surface area (Å²) in [6.45, 7) is 1.66. The quantitative estimate of drug-likeness (QED) is 0.318. The van der Waals surface area contributed by atoms with Gasteiger partial charge in [0.1, 0.15) is 5.82 Å². The predicted octanol–water partition coefficient (Wildman–Crippen LogP) is 3.79. The molecule has 2 aromatic rings.